The van der Waals surface area contributed by atoms with Crippen molar-refractivity contribution in [1.29, 1.82) is 0 Å². The van der Waals surface area contributed by atoms with Crippen LogP contribution in [0.2, 0.25) is 0 Å². The van der Waals surface area contributed by atoms with Gasteiger partial charge in [-0.3, -0.25) is 18.6 Å². The van der Waals surface area contributed by atoms with E-state index in [1.165, 1.54) is 31.4 Å². The molecule has 2 N–H and O–H groups in total. The number of rotatable bonds is 6. The first-order valence-corrected chi connectivity index (χ1v) is 10.1. The maximum absolute atomic E-state index is 14.7. The van der Waals surface area contributed by atoms with Crippen molar-refractivity contribution in [2.75, 3.05) is 18.6 Å². The van der Waals surface area contributed by atoms with Gasteiger partial charge in [-0.2, -0.15) is 0 Å². The largest absolute Gasteiger partial charge is 0.317 e. The summed E-state index contributed by atoms with van der Waals surface area (Å²) in [6.07, 6.45) is -1.60. The van der Waals surface area contributed by atoms with Gasteiger partial charge in [-0.1, -0.05) is 12.1 Å². The van der Waals surface area contributed by atoms with Crippen LogP contribution in [0.5, 0.6) is 0 Å². The van der Waals surface area contributed by atoms with E-state index in [0.29, 0.717) is 12.8 Å². The van der Waals surface area contributed by atoms with Crippen molar-refractivity contribution in [3.63, 3.8) is 0 Å². The van der Waals surface area contributed by atoms with Crippen LogP contribution in [0.4, 0.5) is 14.5 Å². The maximum atomic E-state index is 14.7. The minimum Gasteiger partial charge on any atom is -0.317 e. The molecule has 1 unspecified atom stereocenters. The molecule has 0 spiro atoms. The van der Waals surface area contributed by atoms with Gasteiger partial charge in [-0.05, 0) is 54.7 Å². The van der Waals surface area contributed by atoms with Crippen molar-refractivity contribution in [1.82, 2.24) is 5.48 Å². The Bertz CT molecular complexity index is 1150. The molecule has 158 valence electrons. The molecule has 0 aliphatic heterocycles. The van der Waals surface area contributed by atoms with Crippen LogP contribution in [0.15, 0.2) is 52.4 Å². The number of hydroxylamine groups is 1. The van der Waals surface area contributed by atoms with E-state index in [4.69, 9.17) is 4.11 Å². The minimum atomic E-state index is -2.74. The zero-order valence-electron chi connectivity index (χ0n) is 18.9. The molecule has 0 bridgehead atoms. The van der Waals surface area contributed by atoms with E-state index in [-0.39, 0.29) is 33.6 Å². The van der Waals surface area contributed by atoms with E-state index in [9.17, 15) is 22.6 Å². The molecule has 0 fully saturated rings. The molecule has 0 saturated carbocycles. The highest BCUT2D eigenvalue weighted by Crippen LogP contribution is 2.31. The van der Waals surface area contributed by atoms with E-state index in [1.807, 2.05) is 0 Å². The Labute approximate surface area is 178 Å². The standard InChI is InChI=1S/C21H20F2N2O4S/c1-29-25-21(27)16-8-4-7-15(16)20(26)24-19-17(22)10-13(11-18(19)23)12-5-3-6-14(9-12)30(2)28/h3,5-6,9-11H,4,7-8H2,1-2H3,(H,24,26)(H,25,27)/i2D3. The molecule has 0 saturated heterocycles. The van der Waals surface area contributed by atoms with Gasteiger partial charge in [0.05, 0.1) is 7.11 Å². The van der Waals surface area contributed by atoms with Crippen LogP contribution in [0.25, 0.3) is 11.1 Å². The predicted molar refractivity (Wildman–Crippen MR) is 109 cm³/mol. The number of halogens is 2. The summed E-state index contributed by atoms with van der Waals surface area (Å²) in [5, 5.41) is 2.18. The Hall–Kier alpha value is -2.91. The fourth-order valence-electron chi connectivity index (χ4n) is 3.24. The molecule has 6 nitrogen and oxygen atoms in total. The quantitative estimate of drug-likeness (QED) is 0.678. The summed E-state index contributed by atoms with van der Waals surface area (Å²) in [7, 11) is -1.06. The molecule has 0 heterocycles. The molecule has 2 aromatic rings. The molecular formula is C21H20F2N2O4S. The van der Waals surface area contributed by atoms with Gasteiger partial charge in [0.1, 0.15) is 17.3 Å². The molecular weight excluding hydrogens is 414 g/mol. The zero-order valence-corrected chi connectivity index (χ0v) is 16.7. The normalized spacial score (nSPS) is 16.4. The lowest BCUT2D eigenvalue weighted by Crippen LogP contribution is -2.26. The summed E-state index contributed by atoms with van der Waals surface area (Å²) in [5.74, 6) is -3.52. The highest BCUT2D eigenvalue weighted by atomic mass is 32.2. The molecule has 30 heavy (non-hydrogen) atoms. The third-order valence-corrected chi connectivity index (χ3v) is 5.30. The Morgan fingerprint density at radius 3 is 2.37 bits per heavy atom. The number of nitrogens with one attached hydrogen (secondary N) is 2. The van der Waals surface area contributed by atoms with E-state index in [1.54, 1.807) is 0 Å². The second-order valence-electron chi connectivity index (χ2n) is 6.51. The van der Waals surface area contributed by atoms with Gasteiger partial charge < -0.3 is 5.32 Å². The summed E-state index contributed by atoms with van der Waals surface area (Å²) < 4.78 is 63.5. The number of hydrogen-bond donors (Lipinski definition) is 2. The van der Waals surface area contributed by atoms with Gasteiger partial charge in [-0.25, -0.2) is 14.3 Å². The van der Waals surface area contributed by atoms with Crippen molar-refractivity contribution in [3.8, 4) is 11.1 Å². The number of hydrogen-bond acceptors (Lipinski definition) is 4. The highest BCUT2D eigenvalue weighted by Gasteiger charge is 2.27. The van der Waals surface area contributed by atoms with Crippen LogP contribution in [0, 0.1) is 11.6 Å². The van der Waals surface area contributed by atoms with Gasteiger partial charge in [-0.15, -0.1) is 0 Å². The van der Waals surface area contributed by atoms with Crippen molar-refractivity contribution in [2.45, 2.75) is 24.2 Å². The van der Waals surface area contributed by atoms with Crippen molar-refractivity contribution in [2.24, 2.45) is 0 Å². The summed E-state index contributed by atoms with van der Waals surface area (Å²) in [6, 6.07) is 7.48. The first-order chi connectivity index (χ1) is 15.5. The van der Waals surface area contributed by atoms with E-state index in [2.05, 4.69) is 15.6 Å². The zero-order chi connectivity index (χ0) is 24.3. The summed E-state index contributed by atoms with van der Waals surface area (Å²) in [4.78, 5) is 29.2. The van der Waals surface area contributed by atoms with Crippen molar-refractivity contribution in [3.05, 3.63) is 59.2 Å². The van der Waals surface area contributed by atoms with Crippen molar-refractivity contribution >= 4 is 28.3 Å². The van der Waals surface area contributed by atoms with E-state index < -0.39 is 46.1 Å². The predicted octanol–water partition coefficient (Wildman–Crippen LogP) is 3.47. The Morgan fingerprint density at radius 2 is 1.73 bits per heavy atom. The molecule has 0 radical (unpaired) electrons. The van der Waals surface area contributed by atoms with E-state index >= 15 is 0 Å². The number of carbonyl (C=O) groups is 2. The third-order valence-electron chi connectivity index (χ3n) is 4.62. The number of anilines is 1. The average Bonchev–Trinajstić information content (AvgIpc) is 3.25. The molecule has 2 aromatic carbocycles. The Balaban J connectivity index is 1.89. The third kappa shape index (κ3) is 4.63. The first-order valence-electron chi connectivity index (χ1n) is 10.4. The first kappa shape index (κ1) is 17.9. The van der Waals surface area contributed by atoms with E-state index in [0.717, 1.165) is 12.1 Å². The number of benzene rings is 2. The Morgan fingerprint density at radius 1 is 1.07 bits per heavy atom. The summed E-state index contributed by atoms with van der Waals surface area (Å²) in [6.45, 7) is 0. The van der Waals surface area contributed by atoms with Crippen LogP contribution in [-0.2, 0) is 25.2 Å². The van der Waals surface area contributed by atoms with Crippen LogP contribution in [-0.4, -0.2) is 29.3 Å². The molecule has 9 heteroatoms. The van der Waals surface area contributed by atoms with Crippen molar-refractivity contribution < 1.29 is 31.5 Å². The van der Waals surface area contributed by atoms with Gasteiger partial charge in [0, 0.05) is 37.1 Å². The lowest BCUT2D eigenvalue weighted by atomic mass is 10.0. The van der Waals surface area contributed by atoms with Gasteiger partial charge in [0.2, 0.25) is 0 Å². The molecule has 0 aromatic heterocycles. The van der Waals surface area contributed by atoms with Crippen LogP contribution in [0.1, 0.15) is 23.4 Å². The lowest BCUT2D eigenvalue weighted by molar-refractivity contribution is -0.127. The lowest BCUT2D eigenvalue weighted by Gasteiger charge is -2.12. The fourth-order valence-corrected chi connectivity index (χ4v) is 3.67. The SMILES string of the molecule is [2H]C([2H])([2H])S(=O)c1cccc(-c2cc(F)c(NC(=O)C3=C(C(=O)NOC)CCC3)c(F)c2)c1. The topological polar surface area (TPSA) is 84.5 Å². The van der Waals surface area contributed by atoms with Gasteiger partial charge >= 0.3 is 0 Å². The average molecular weight is 437 g/mol. The fraction of sp³-hybridized carbons (Fsp3) is 0.238. The second-order valence-corrected chi connectivity index (χ2v) is 7.52. The molecule has 2 amide bonds. The molecule has 1 aliphatic rings. The minimum absolute atomic E-state index is 0.0132. The van der Waals surface area contributed by atoms with Crippen LogP contribution < -0.4 is 10.8 Å². The maximum Gasteiger partial charge on any atom is 0.271 e. The second kappa shape index (κ2) is 9.27. The van der Waals surface area contributed by atoms with Crippen LogP contribution >= 0.6 is 0 Å². The van der Waals surface area contributed by atoms with Gasteiger partial charge in [0.25, 0.3) is 11.8 Å². The summed E-state index contributed by atoms with van der Waals surface area (Å²) in [5.41, 5.74) is 2.06. The molecule has 1 atom stereocenters. The van der Waals surface area contributed by atoms with Gasteiger partial charge in [0.15, 0.2) is 0 Å². The molecule has 1 aliphatic carbocycles. The molecule has 3 rings (SSSR count). The summed E-state index contributed by atoms with van der Waals surface area (Å²) >= 11 is 0. The smallest absolute Gasteiger partial charge is 0.271 e. The monoisotopic (exact) mass is 437 g/mol. The van der Waals surface area contributed by atoms with Crippen LogP contribution in [0.3, 0.4) is 0 Å². The number of carbonyl (C=O) groups excluding carboxylic acids is 2. The number of amides is 2. The highest BCUT2D eigenvalue weighted by molar-refractivity contribution is 7.84. The Kier molecular flexibility index (Phi) is 5.53.